The van der Waals surface area contributed by atoms with Crippen molar-refractivity contribution in [3.8, 4) is 16.8 Å². The molecule has 14 nitrogen and oxygen atoms in total. The standard InChI is InChI=1S/C42H30ClF7N8O6S/c1-56-35-30(8-6-26(43)33(35)38(54-56)55-65(2,63)64)58-39(52-28-13-19(3-5-22(28)40(58)60)18-4-7-27(46)24(12-18)41(61)62)29(11-17-9-20(44)14-21(45)10-17)51-31(59)16-57-36-32(34(53-57)37(47)48)23-15-25(23)42(36,49)50/h3-10,12-14,23,25,29,37H,11,15-16H2,1-2H3,(H,51,59)(H,54,55)(H,61,62)/t23-,25+,29-/m0/s1. The van der Waals surface area contributed by atoms with Crippen molar-refractivity contribution in [1.82, 2.24) is 34.4 Å². The molecule has 1 fully saturated rings. The van der Waals surface area contributed by atoms with Gasteiger partial charge in [-0.25, -0.2) is 40.1 Å². The van der Waals surface area contributed by atoms with E-state index in [9.17, 15) is 45.1 Å². The number of anilines is 1. The van der Waals surface area contributed by atoms with Crippen LogP contribution in [0.25, 0.3) is 38.6 Å². The Bertz CT molecular complexity index is 3360. The van der Waals surface area contributed by atoms with Gasteiger partial charge in [-0.15, -0.1) is 0 Å². The summed E-state index contributed by atoms with van der Waals surface area (Å²) >= 11 is 6.61. The lowest BCUT2D eigenvalue weighted by atomic mass is 10.0. The number of carbonyl (C=O) groups excluding carboxylic acids is 1. The van der Waals surface area contributed by atoms with Gasteiger partial charge in [0.05, 0.1) is 50.4 Å². The van der Waals surface area contributed by atoms with Gasteiger partial charge < -0.3 is 10.4 Å². The Morgan fingerprint density at radius 3 is 2.35 bits per heavy atom. The van der Waals surface area contributed by atoms with E-state index in [0.29, 0.717) is 10.7 Å². The van der Waals surface area contributed by atoms with Crippen molar-refractivity contribution in [3.05, 3.63) is 133 Å². The molecule has 3 aromatic heterocycles. The topological polar surface area (TPSA) is 183 Å². The summed E-state index contributed by atoms with van der Waals surface area (Å²) in [4.78, 5) is 45.8. The van der Waals surface area contributed by atoms with E-state index in [2.05, 4.69) is 20.2 Å². The van der Waals surface area contributed by atoms with Crippen LogP contribution in [0, 0.1) is 23.4 Å². The van der Waals surface area contributed by atoms with Crippen LogP contribution in [0.4, 0.5) is 36.6 Å². The molecule has 0 bridgehead atoms. The van der Waals surface area contributed by atoms with Crippen molar-refractivity contribution in [2.45, 2.75) is 43.7 Å². The van der Waals surface area contributed by atoms with Crippen LogP contribution in [0.2, 0.25) is 5.02 Å². The summed E-state index contributed by atoms with van der Waals surface area (Å²) in [5.74, 6) is -12.1. The summed E-state index contributed by atoms with van der Waals surface area (Å²) in [5.41, 5.74) is -3.43. The molecule has 0 saturated heterocycles. The quantitative estimate of drug-likeness (QED) is 0.104. The maximum absolute atomic E-state index is 15.5. The maximum Gasteiger partial charge on any atom is 0.338 e. The zero-order valence-corrected chi connectivity index (χ0v) is 35.0. The molecule has 65 heavy (non-hydrogen) atoms. The minimum absolute atomic E-state index is 0.00469. The van der Waals surface area contributed by atoms with Crippen molar-refractivity contribution in [1.29, 1.82) is 0 Å². The van der Waals surface area contributed by atoms with Crippen LogP contribution in [-0.2, 0) is 40.8 Å². The maximum atomic E-state index is 15.5. The SMILES string of the molecule is Cn1nc(NS(C)(=O)=O)c2c(Cl)ccc(-n3c([C@H](Cc4cc(F)cc(F)c4)NC(=O)Cn4nc(C(F)F)c5c4C(F)(F)[C@@H]4C[C@H]54)nc4cc(-c5ccc(F)c(C(=O)O)c5)ccc4c3=O)c21. The van der Waals surface area contributed by atoms with Gasteiger partial charge in [-0.2, -0.15) is 19.0 Å². The largest absolute Gasteiger partial charge is 0.478 e. The molecule has 2 aliphatic carbocycles. The molecule has 3 atom stereocenters. The van der Waals surface area contributed by atoms with E-state index in [1.807, 2.05) is 0 Å². The van der Waals surface area contributed by atoms with Crippen molar-refractivity contribution < 1.29 is 53.8 Å². The second-order valence-corrected chi connectivity index (χ2v) is 17.9. The first-order valence-corrected chi connectivity index (χ1v) is 21.6. The summed E-state index contributed by atoms with van der Waals surface area (Å²) in [6.07, 6.45) is -2.98. The Labute approximate surface area is 366 Å². The molecule has 3 N–H and O–H groups in total. The van der Waals surface area contributed by atoms with Crippen molar-refractivity contribution in [2.75, 3.05) is 11.0 Å². The van der Waals surface area contributed by atoms with Crippen LogP contribution in [0.1, 0.15) is 63.5 Å². The van der Waals surface area contributed by atoms with Gasteiger partial charge in [0.2, 0.25) is 15.9 Å². The smallest absolute Gasteiger partial charge is 0.338 e. The fourth-order valence-corrected chi connectivity index (χ4v) is 9.36. The Morgan fingerprint density at radius 2 is 1.68 bits per heavy atom. The molecule has 0 unspecified atom stereocenters. The highest BCUT2D eigenvalue weighted by atomic mass is 35.5. The second kappa shape index (κ2) is 15.4. The molecule has 336 valence electrons. The van der Waals surface area contributed by atoms with Crippen LogP contribution in [0.3, 0.4) is 0 Å². The highest BCUT2D eigenvalue weighted by molar-refractivity contribution is 7.92. The Morgan fingerprint density at radius 1 is 0.985 bits per heavy atom. The molecule has 2 aliphatic rings. The third kappa shape index (κ3) is 7.62. The Hall–Kier alpha value is -6.81. The summed E-state index contributed by atoms with van der Waals surface area (Å²) in [5, 5.41) is 20.0. The number of sulfonamides is 1. The van der Waals surface area contributed by atoms with Crippen LogP contribution in [0.5, 0.6) is 0 Å². The lowest BCUT2D eigenvalue weighted by Crippen LogP contribution is -2.38. The van der Waals surface area contributed by atoms with Crippen molar-refractivity contribution in [2.24, 2.45) is 13.0 Å². The van der Waals surface area contributed by atoms with Crippen LogP contribution in [0.15, 0.2) is 71.5 Å². The highest BCUT2D eigenvalue weighted by Gasteiger charge is 2.67. The molecule has 1 saturated carbocycles. The number of nitrogens with zero attached hydrogens (tertiary/aromatic N) is 6. The van der Waals surface area contributed by atoms with Gasteiger partial charge >= 0.3 is 5.97 Å². The van der Waals surface area contributed by atoms with Gasteiger partial charge in [0.25, 0.3) is 17.9 Å². The number of alkyl halides is 4. The number of benzene rings is 4. The summed E-state index contributed by atoms with van der Waals surface area (Å²) in [6.45, 7) is -1.05. The number of hydrogen-bond acceptors (Lipinski definition) is 8. The van der Waals surface area contributed by atoms with Crippen LogP contribution in [-0.4, -0.2) is 60.8 Å². The first-order valence-electron chi connectivity index (χ1n) is 19.4. The van der Waals surface area contributed by atoms with Crippen LogP contribution < -0.4 is 15.6 Å². The number of amides is 1. The van der Waals surface area contributed by atoms with Gasteiger partial charge in [0.1, 0.15) is 41.2 Å². The highest BCUT2D eigenvalue weighted by Crippen LogP contribution is 2.68. The zero-order valence-electron chi connectivity index (χ0n) is 33.4. The molecule has 0 spiro atoms. The molecular weight excluding hydrogens is 913 g/mol. The van der Waals surface area contributed by atoms with Crippen molar-refractivity contribution in [3.63, 3.8) is 0 Å². The van der Waals surface area contributed by atoms with E-state index in [1.165, 1.54) is 48.1 Å². The number of carboxylic acid groups (broad SMARTS) is 1. The van der Waals surface area contributed by atoms with Gasteiger partial charge in [-0.05, 0) is 77.6 Å². The summed E-state index contributed by atoms with van der Waals surface area (Å²) in [7, 11) is -2.56. The average Bonchev–Trinajstić information content (AvgIpc) is 3.75. The van der Waals surface area contributed by atoms with Crippen molar-refractivity contribution >= 4 is 61.1 Å². The lowest BCUT2D eigenvalue weighted by Gasteiger charge is -2.24. The predicted molar refractivity (Wildman–Crippen MR) is 220 cm³/mol. The van der Waals surface area contributed by atoms with Gasteiger partial charge in [0.15, 0.2) is 5.82 Å². The minimum atomic E-state index is -3.96. The van der Waals surface area contributed by atoms with E-state index < -0.39 is 105 Å². The molecular formula is C42H30ClF7N8O6S. The van der Waals surface area contributed by atoms with Gasteiger partial charge in [-0.3, -0.25) is 28.2 Å². The Kier molecular flexibility index (Phi) is 10.3. The average molecular weight is 943 g/mol. The zero-order chi connectivity index (χ0) is 46.6. The second-order valence-electron chi connectivity index (χ2n) is 15.8. The molecule has 0 aliphatic heterocycles. The van der Waals surface area contributed by atoms with E-state index in [1.54, 1.807) is 0 Å². The number of carbonyl (C=O) groups is 2. The van der Waals surface area contributed by atoms with Gasteiger partial charge in [-0.1, -0.05) is 23.7 Å². The summed E-state index contributed by atoms with van der Waals surface area (Å²) in [6, 6.07) is 10.8. The number of aryl methyl sites for hydroxylation is 1. The fourth-order valence-electron chi connectivity index (χ4n) is 8.63. The third-order valence-electron chi connectivity index (χ3n) is 11.3. The number of nitrogens with one attached hydrogen (secondary N) is 2. The normalized spacial score (nSPS) is 16.8. The molecule has 9 rings (SSSR count). The number of aromatic carboxylic acids is 1. The predicted octanol–water partition coefficient (Wildman–Crippen LogP) is 7.52. The molecule has 7 aromatic rings. The van der Waals surface area contributed by atoms with E-state index in [0.717, 1.165) is 35.1 Å². The number of carboxylic acids is 1. The minimum Gasteiger partial charge on any atom is -0.478 e. The first-order chi connectivity index (χ1) is 30.6. The van der Waals surface area contributed by atoms with Gasteiger partial charge in [0, 0.05) is 31.0 Å². The Balaban J connectivity index is 1.27. The van der Waals surface area contributed by atoms with E-state index in [4.69, 9.17) is 16.6 Å². The number of fused-ring (bicyclic) bond motifs is 5. The number of hydrogen-bond donors (Lipinski definition) is 3. The number of aromatic nitrogens is 6. The van der Waals surface area contributed by atoms with Crippen LogP contribution >= 0.6 is 11.6 Å². The van der Waals surface area contributed by atoms with E-state index >= 15 is 13.6 Å². The molecule has 23 heteroatoms. The summed E-state index contributed by atoms with van der Waals surface area (Å²) < 4.78 is 133. The fraction of sp³-hybridized carbons (Fsp3) is 0.238. The monoisotopic (exact) mass is 942 g/mol. The molecule has 0 radical (unpaired) electrons. The number of halogens is 8. The third-order valence-corrected chi connectivity index (χ3v) is 12.2. The molecule has 3 heterocycles. The molecule has 4 aromatic carbocycles. The molecule has 1 amide bonds. The first kappa shape index (κ1) is 43.4. The van der Waals surface area contributed by atoms with E-state index in [-0.39, 0.29) is 72.8 Å². The lowest BCUT2D eigenvalue weighted by molar-refractivity contribution is -0.123. The number of rotatable bonds is 12.